The van der Waals surface area contributed by atoms with Crippen molar-refractivity contribution >= 4 is 11.7 Å². The van der Waals surface area contributed by atoms with Crippen LogP contribution in [0.25, 0.3) is 11.3 Å². The highest BCUT2D eigenvalue weighted by atomic mass is 19.1. The Morgan fingerprint density at radius 1 is 0.931 bits per heavy atom. The molecule has 2 aromatic carbocycles. The Balaban J connectivity index is 1.65. The number of hydrogen-bond acceptors (Lipinski definition) is 4. The van der Waals surface area contributed by atoms with E-state index in [0.717, 1.165) is 0 Å². The van der Waals surface area contributed by atoms with Gasteiger partial charge < -0.3 is 4.52 Å². The molecule has 4 aromatic rings. The van der Waals surface area contributed by atoms with Gasteiger partial charge in [0.1, 0.15) is 17.5 Å². The molecule has 4 rings (SSSR count). The minimum atomic E-state index is -0.454. The molecule has 0 atom stereocenters. The summed E-state index contributed by atoms with van der Waals surface area (Å²) >= 11 is 0. The van der Waals surface area contributed by atoms with E-state index in [4.69, 9.17) is 4.52 Å². The summed E-state index contributed by atoms with van der Waals surface area (Å²) in [6.45, 7) is 0.104. The fraction of sp³-hybridized carbons (Fsp3) is 0.0455. The maximum absolute atomic E-state index is 13.6. The highest BCUT2D eigenvalue weighted by Gasteiger charge is 2.23. The van der Waals surface area contributed by atoms with Gasteiger partial charge in [0, 0.05) is 17.8 Å². The number of anilines is 1. The summed E-state index contributed by atoms with van der Waals surface area (Å²) in [6, 6.07) is 18.3. The van der Waals surface area contributed by atoms with Crippen LogP contribution in [0.2, 0.25) is 0 Å². The molecule has 0 spiro atoms. The van der Waals surface area contributed by atoms with Crippen molar-refractivity contribution in [2.24, 2.45) is 0 Å². The largest absolute Gasteiger partial charge is 0.355 e. The molecule has 0 aliphatic heterocycles. The zero-order chi connectivity index (χ0) is 20.2. The van der Waals surface area contributed by atoms with Crippen LogP contribution in [0, 0.1) is 11.6 Å². The number of nitrogens with zero attached hydrogens (tertiary/aromatic N) is 3. The van der Waals surface area contributed by atoms with Crippen molar-refractivity contribution in [3.05, 3.63) is 102 Å². The van der Waals surface area contributed by atoms with Gasteiger partial charge in [0.25, 0.3) is 5.91 Å². The van der Waals surface area contributed by atoms with Crippen LogP contribution in [0.5, 0.6) is 0 Å². The monoisotopic (exact) mass is 391 g/mol. The van der Waals surface area contributed by atoms with Gasteiger partial charge in [0.2, 0.25) is 0 Å². The summed E-state index contributed by atoms with van der Waals surface area (Å²) in [5.74, 6) is -0.491. The molecule has 29 heavy (non-hydrogen) atoms. The number of halogens is 2. The van der Waals surface area contributed by atoms with Gasteiger partial charge in [-0.2, -0.15) is 0 Å². The molecule has 1 amide bonds. The molecule has 2 aromatic heterocycles. The molecule has 7 heteroatoms. The Bertz CT molecular complexity index is 1130. The highest BCUT2D eigenvalue weighted by molar-refractivity contribution is 6.04. The molecule has 0 unspecified atom stereocenters. The topological polar surface area (TPSA) is 59.2 Å². The predicted molar refractivity (Wildman–Crippen MR) is 103 cm³/mol. The molecule has 0 aliphatic rings. The number of pyridine rings is 1. The quantitative estimate of drug-likeness (QED) is 0.487. The van der Waals surface area contributed by atoms with Gasteiger partial charge in [0.05, 0.1) is 6.54 Å². The number of benzene rings is 2. The summed E-state index contributed by atoms with van der Waals surface area (Å²) in [5.41, 5.74) is 1.25. The van der Waals surface area contributed by atoms with Crippen molar-refractivity contribution < 1.29 is 18.1 Å². The van der Waals surface area contributed by atoms with Crippen molar-refractivity contribution in [2.45, 2.75) is 6.54 Å². The third-order valence-electron chi connectivity index (χ3n) is 4.26. The van der Waals surface area contributed by atoms with E-state index in [2.05, 4.69) is 10.1 Å². The van der Waals surface area contributed by atoms with Crippen molar-refractivity contribution in [1.29, 1.82) is 0 Å². The molecular formula is C22H15F2N3O2. The highest BCUT2D eigenvalue weighted by Crippen LogP contribution is 2.23. The van der Waals surface area contributed by atoms with E-state index in [1.54, 1.807) is 36.5 Å². The van der Waals surface area contributed by atoms with Crippen LogP contribution >= 0.6 is 0 Å². The average molecular weight is 391 g/mol. The lowest BCUT2D eigenvalue weighted by Crippen LogP contribution is -2.31. The van der Waals surface area contributed by atoms with E-state index < -0.39 is 11.7 Å². The van der Waals surface area contributed by atoms with Crippen LogP contribution in [0.15, 0.2) is 83.5 Å². The Morgan fingerprint density at radius 3 is 2.48 bits per heavy atom. The van der Waals surface area contributed by atoms with Gasteiger partial charge in [-0.1, -0.05) is 23.4 Å². The first-order chi connectivity index (χ1) is 14.1. The second-order valence-electron chi connectivity index (χ2n) is 6.29. The Labute approximate surface area is 165 Å². The molecule has 0 aliphatic carbocycles. The molecule has 2 heterocycles. The number of amides is 1. The van der Waals surface area contributed by atoms with Gasteiger partial charge in [-0.15, -0.1) is 0 Å². The lowest BCUT2D eigenvalue weighted by molar-refractivity contribution is 0.0975. The van der Waals surface area contributed by atoms with Crippen LogP contribution in [0.1, 0.15) is 16.1 Å². The maximum atomic E-state index is 13.6. The SMILES string of the molecule is O=C(c1cc(-c2ccc(F)cc2)on1)N(Cc1cccc(F)c1)c1ccccn1. The zero-order valence-corrected chi connectivity index (χ0v) is 15.1. The third-order valence-corrected chi connectivity index (χ3v) is 4.26. The molecule has 0 radical (unpaired) electrons. The number of carbonyl (C=O) groups excluding carboxylic acids is 1. The van der Waals surface area contributed by atoms with E-state index in [9.17, 15) is 13.6 Å². The molecule has 144 valence electrons. The van der Waals surface area contributed by atoms with E-state index in [0.29, 0.717) is 22.7 Å². The first-order valence-corrected chi connectivity index (χ1v) is 8.80. The number of aromatic nitrogens is 2. The van der Waals surface area contributed by atoms with E-state index in [-0.39, 0.29) is 18.1 Å². The molecule has 0 saturated carbocycles. The summed E-state index contributed by atoms with van der Waals surface area (Å²) in [5, 5.41) is 3.86. The third kappa shape index (κ3) is 4.19. The number of hydrogen-bond donors (Lipinski definition) is 0. The first kappa shape index (κ1) is 18.5. The van der Waals surface area contributed by atoms with E-state index >= 15 is 0 Å². The number of rotatable bonds is 5. The summed E-state index contributed by atoms with van der Waals surface area (Å²) < 4.78 is 32.0. The van der Waals surface area contributed by atoms with Crippen LogP contribution in [0.3, 0.4) is 0 Å². The van der Waals surface area contributed by atoms with Gasteiger partial charge >= 0.3 is 0 Å². The summed E-state index contributed by atoms with van der Waals surface area (Å²) in [7, 11) is 0. The van der Waals surface area contributed by atoms with Crippen molar-refractivity contribution in [1.82, 2.24) is 10.1 Å². The van der Waals surface area contributed by atoms with Gasteiger partial charge in [0.15, 0.2) is 11.5 Å². The molecule has 0 saturated heterocycles. The summed E-state index contributed by atoms with van der Waals surface area (Å²) in [6.07, 6.45) is 1.56. The average Bonchev–Trinajstić information content (AvgIpc) is 3.23. The van der Waals surface area contributed by atoms with Crippen LogP contribution in [-0.4, -0.2) is 16.0 Å². The normalized spacial score (nSPS) is 10.7. The lowest BCUT2D eigenvalue weighted by atomic mass is 10.1. The van der Waals surface area contributed by atoms with E-state index in [1.165, 1.54) is 47.4 Å². The first-order valence-electron chi connectivity index (χ1n) is 8.80. The molecule has 0 fully saturated rings. The summed E-state index contributed by atoms with van der Waals surface area (Å²) in [4.78, 5) is 18.8. The minimum absolute atomic E-state index is 0.0615. The fourth-order valence-electron chi connectivity index (χ4n) is 2.85. The Morgan fingerprint density at radius 2 is 1.76 bits per heavy atom. The minimum Gasteiger partial charge on any atom is -0.355 e. The Kier molecular flexibility index (Phi) is 5.11. The lowest BCUT2D eigenvalue weighted by Gasteiger charge is -2.20. The predicted octanol–water partition coefficient (Wildman–Crippen LogP) is 4.86. The van der Waals surface area contributed by atoms with Crippen LogP contribution in [-0.2, 0) is 6.54 Å². The second kappa shape index (κ2) is 8.02. The number of carbonyl (C=O) groups is 1. The van der Waals surface area contributed by atoms with Gasteiger partial charge in [-0.25, -0.2) is 13.8 Å². The fourth-order valence-corrected chi connectivity index (χ4v) is 2.85. The van der Waals surface area contributed by atoms with E-state index in [1.807, 2.05) is 0 Å². The van der Waals surface area contributed by atoms with Crippen molar-refractivity contribution in [3.63, 3.8) is 0 Å². The molecule has 0 bridgehead atoms. The maximum Gasteiger partial charge on any atom is 0.281 e. The van der Waals surface area contributed by atoms with Gasteiger partial charge in [-0.05, 0) is 54.1 Å². The zero-order valence-electron chi connectivity index (χ0n) is 15.1. The smallest absolute Gasteiger partial charge is 0.281 e. The Hall–Kier alpha value is -3.87. The van der Waals surface area contributed by atoms with Crippen LogP contribution in [0.4, 0.5) is 14.6 Å². The molecule has 0 N–H and O–H groups in total. The van der Waals surface area contributed by atoms with Crippen molar-refractivity contribution in [3.8, 4) is 11.3 Å². The van der Waals surface area contributed by atoms with Gasteiger partial charge in [-0.3, -0.25) is 9.69 Å². The molecule has 5 nitrogen and oxygen atoms in total. The van der Waals surface area contributed by atoms with Crippen molar-refractivity contribution in [2.75, 3.05) is 4.90 Å². The molecular weight excluding hydrogens is 376 g/mol. The standard InChI is InChI=1S/C22H15F2N3O2/c23-17-9-7-16(8-10-17)20-13-19(26-29-20)22(28)27(21-6-1-2-11-25-21)14-15-4-3-5-18(24)12-15/h1-13H,14H2. The second-order valence-corrected chi connectivity index (χ2v) is 6.29. The van der Waals surface area contributed by atoms with Crippen LogP contribution < -0.4 is 4.90 Å².